The lowest BCUT2D eigenvalue weighted by Gasteiger charge is -2.06. The number of rotatable bonds is 6. The molecule has 2 rings (SSSR count). The molecule has 0 heterocycles. The molecule has 0 saturated heterocycles. The Kier molecular flexibility index (Phi) is 5.36. The summed E-state index contributed by atoms with van der Waals surface area (Å²) in [6.07, 6.45) is 0.830. The fourth-order valence-electron chi connectivity index (χ4n) is 2.05. The highest BCUT2D eigenvalue weighted by atomic mass is 32.2. The largest absolute Gasteiger partial charge is 0.508 e. The number of carbonyl (C=O) groups excluding carboxylic acids is 1. The highest BCUT2D eigenvalue weighted by Gasteiger charge is 2.07. The molecule has 0 unspecified atom stereocenters. The van der Waals surface area contributed by atoms with Crippen LogP contribution >= 0.6 is 0 Å². The van der Waals surface area contributed by atoms with E-state index in [9.17, 15) is 18.3 Å². The number of carbonyl (C=O) groups is 1. The first kappa shape index (κ1) is 17.0. The summed E-state index contributed by atoms with van der Waals surface area (Å²) in [5.41, 5.74) is 1.72. The predicted molar refractivity (Wildman–Crippen MR) is 86.3 cm³/mol. The van der Waals surface area contributed by atoms with Crippen molar-refractivity contribution in [3.05, 3.63) is 59.7 Å². The molecule has 4 N–H and O–H groups in total. The van der Waals surface area contributed by atoms with Crippen LogP contribution in [0.2, 0.25) is 0 Å². The summed E-state index contributed by atoms with van der Waals surface area (Å²) in [4.78, 5) is 11.9. The van der Waals surface area contributed by atoms with Gasteiger partial charge in [-0.05, 0) is 41.8 Å². The van der Waals surface area contributed by atoms with E-state index in [1.165, 1.54) is 24.3 Å². The summed E-state index contributed by atoms with van der Waals surface area (Å²) in [7, 11) is -3.68. The molecular formula is C16H18N2O4S. The van der Waals surface area contributed by atoms with Gasteiger partial charge in [0.15, 0.2) is 0 Å². The van der Waals surface area contributed by atoms with E-state index in [1.807, 2.05) is 0 Å². The van der Waals surface area contributed by atoms with Crippen LogP contribution in [0, 0.1) is 0 Å². The van der Waals surface area contributed by atoms with Gasteiger partial charge in [-0.3, -0.25) is 4.79 Å². The average molecular weight is 334 g/mol. The Morgan fingerprint density at radius 3 is 2.13 bits per heavy atom. The van der Waals surface area contributed by atoms with E-state index in [0.29, 0.717) is 13.0 Å². The summed E-state index contributed by atoms with van der Waals surface area (Å²) in [6, 6.07) is 12.7. The molecule has 122 valence electrons. The molecule has 6 nitrogen and oxygen atoms in total. The molecule has 0 aliphatic carbocycles. The Labute approximate surface area is 135 Å². The first-order valence-corrected chi connectivity index (χ1v) is 8.55. The smallest absolute Gasteiger partial charge is 0.238 e. The number of phenolic OH excluding ortho intramolecular Hbond substituents is 1. The Hall–Kier alpha value is -2.38. The minimum absolute atomic E-state index is 0.0672. The highest BCUT2D eigenvalue weighted by molar-refractivity contribution is 7.89. The molecule has 0 aliphatic heterocycles. The van der Waals surface area contributed by atoms with Crippen LogP contribution in [0.15, 0.2) is 53.4 Å². The second kappa shape index (κ2) is 7.26. The van der Waals surface area contributed by atoms with Crippen LogP contribution in [-0.4, -0.2) is 26.0 Å². The molecule has 1 amide bonds. The zero-order valence-corrected chi connectivity index (χ0v) is 13.2. The number of primary sulfonamides is 1. The topological polar surface area (TPSA) is 109 Å². The van der Waals surface area contributed by atoms with Crippen molar-refractivity contribution in [3.8, 4) is 5.75 Å². The Balaban J connectivity index is 1.80. The van der Waals surface area contributed by atoms with Gasteiger partial charge in [0.2, 0.25) is 15.9 Å². The van der Waals surface area contributed by atoms with Crippen LogP contribution in [0.3, 0.4) is 0 Å². The van der Waals surface area contributed by atoms with Crippen molar-refractivity contribution >= 4 is 15.9 Å². The molecule has 2 aromatic carbocycles. The summed E-state index contributed by atoms with van der Waals surface area (Å²) in [6.45, 7) is 0.450. The van der Waals surface area contributed by atoms with E-state index in [4.69, 9.17) is 5.14 Å². The van der Waals surface area contributed by atoms with Gasteiger partial charge in [-0.15, -0.1) is 0 Å². The van der Waals surface area contributed by atoms with Gasteiger partial charge < -0.3 is 10.4 Å². The first-order valence-electron chi connectivity index (χ1n) is 7.01. The van der Waals surface area contributed by atoms with Crippen molar-refractivity contribution in [2.24, 2.45) is 5.14 Å². The zero-order valence-electron chi connectivity index (χ0n) is 12.4. The monoisotopic (exact) mass is 334 g/mol. The normalized spacial score (nSPS) is 11.2. The number of sulfonamides is 1. The van der Waals surface area contributed by atoms with Crippen LogP contribution in [0.1, 0.15) is 11.1 Å². The van der Waals surface area contributed by atoms with E-state index in [1.54, 1.807) is 24.3 Å². The number of hydrogen-bond donors (Lipinski definition) is 3. The van der Waals surface area contributed by atoms with Gasteiger partial charge in [0.05, 0.1) is 11.3 Å². The third-order valence-corrected chi connectivity index (χ3v) is 4.22. The van der Waals surface area contributed by atoms with Crippen LogP contribution in [0.4, 0.5) is 0 Å². The molecule has 0 spiro atoms. The molecule has 0 aromatic heterocycles. The van der Waals surface area contributed by atoms with E-state index in [2.05, 4.69) is 5.32 Å². The Morgan fingerprint density at radius 2 is 1.57 bits per heavy atom. The van der Waals surface area contributed by atoms with E-state index < -0.39 is 10.0 Å². The predicted octanol–water partition coefficient (Wildman–Crippen LogP) is 0.941. The van der Waals surface area contributed by atoms with E-state index in [0.717, 1.165) is 11.1 Å². The highest BCUT2D eigenvalue weighted by Crippen LogP contribution is 2.10. The molecule has 0 bridgehead atoms. The van der Waals surface area contributed by atoms with Crippen molar-refractivity contribution < 1.29 is 18.3 Å². The third kappa shape index (κ3) is 5.39. The summed E-state index contributed by atoms with van der Waals surface area (Å²) >= 11 is 0. The number of benzene rings is 2. The van der Waals surface area contributed by atoms with Crippen LogP contribution in [0.25, 0.3) is 0 Å². The summed E-state index contributed by atoms with van der Waals surface area (Å²) in [5, 5.41) is 17.0. The van der Waals surface area contributed by atoms with Crippen LogP contribution in [-0.2, 0) is 27.7 Å². The lowest BCUT2D eigenvalue weighted by Crippen LogP contribution is -2.27. The molecule has 7 heteroatoms. The molecule has 0 atom stereocenters. The zero-order chi connectivity index (χ0) is 16.9. The maximum Gasteiger partial charge on any atom is 0.238 e. The quantitative estimate of drug-likeness (QED) is 0.730. The fourth-order valence-corrected chi connectivity index (χ4v) is 2.57. The maximum absolute atomic E-state index is 11.8. The number of nitrogens with one attached hydrogen (secondary N) is 1. The minimum Gasteiger partial charge on any atom is -0.508 e. The fraction of sp³-hybridized carbons (Fsp3) is 0.188. The Morgan fingerprint density at radius 1 is 1.00 bits per heavy atom. The number of aromatic hydroxyl groups is 1. The van der Waals surface area contributed by atoms with Gasteiger partial charge in [-0.25, -0.2) is 13.6 Å². The van der Waals surface area contributed by atoms with Crippen molar-refractivity contribution in [2.75, 3.05) is 6.54 Å². The number of hydrogen-bond acceptors (Lipinski definition) is 4. The van der Waals surface area contributed by atoms with E-state index >= 15 is 0 Å². The number of amides is 1. The van der Waals surface area contributed by atoms with Gasteiger partial charge in [0, 0.05) is 6.54 Å². The van der Waals surface area contributed by atoms with Gasteiger partial charge in [0.1, 0.15) is 5.75 Å². The van der Waals surface area contributed by atoms with Gasteiger partial charge in [0.25, 0.3) is 0 Å². The van der Waals surface area contributed by atoms with Crippen molar-refractivity contribution in [3.63, 3.8) is 0 Å². The molecule has 0 aliphatic rings. The standard InChI is InChI=1S/C16H18N2O4S/c17-23(21,22)15-7-3-12(4-8-15)9-10-18-16(20)11-13-1-5-14(19)6-2-13/h1-8,19H,9-11H2,(H,18,20)(H2,17,21,22). The minimum atomic E-state index is -3.68. The first-order chi connectivity index (χ1) is 10.8. The number of phenols is 1. The lowest BCUT2D eigenvalue weighted by atomic mass is 10.1. The average Bonchev–Trinajstić information content (AvgIpc) is 2.49. The van der Waals surface area contributed by atoms with Crippen LogP contribution in [0.5, 0.6) is 5.75 Å². The van der Waals surface area contributed by atoms with E-state index in [-0.39, 0.29) is 23.0 Å². The molecule has 2 aromatic rings. The summed E-state index contributed by atoms with van der Waals surface area (Å²) < 4.78 is 22.3. The molecule has 23 heavy (non-hydrogen) atoms. The molecule has 0 fully saturated rings. The SMILES string of the molecule is NS(=O)(=O)c1ccc(CCNC(=O)Cc2ccc(O)cc2)cc1. The van der Waals surface area contributed by atoms with Gasteiger partial charge >= 0.3 is 0 Å². The maximum atomic E-state index is 11.8. The molecule has 0 saturated carbocycles. The summed E-state index contributed by atoms with van der Waals surface area (Å²) in [5.74, 6) is 0.0499. The molecule has 0 radical (unpaired) electrons. The van der Waals surface area contributed by atoms with Crippen molar-refractivity contribution in [2.45, 2.75) is 17.7 Å². The molecular weight excluding hydrogens is 316 g/mol. The number of nitrogens with two attached hydrogens (primary N) is 1. The second-order valence-electron chi connectivity index (χ2n) is 5.13. The van der Waals surface area contributed by atoms with Crippen molar-refractivity contribution in [1.82, 2.24) is 5.32 Å². The third-order valence-electron chi connectivity index (χ3n) is 3.29. The Bertz CT molecular complexity index is 769. The van der Waals surface area contributed by atoms with Crippen molar-refractivity contribution in [1.29, 1.82) is 0 Å². The van der Waals surface area contributed by atoms with Gasteiger partial charge in [-0.2, -0.15) is 0 Å². The lowest BCUT2D eigenvalue weighted by molar-refractivity contribution is -0.120. The van der Waals surface area contributed by atoms with Gasteiger partial charge in [-0.1, -0.05) is 24.3 Å². The second-order valence-corrected chi connectivity index (χ2v) is 6.69. The van der Waals surface area contributed by atoms with Crippen LogP contribution < -0.4 is 10.5 Å².